The lowest BCUT2D eigenvalue weighted by Gasteiger charge is -2.25. The fraction of sp³-hybridized carbons (Fsp3) is 0.800. The Balaban J connectivity index is 2.32. The van der Waals surface area contributed by atoms with E-state index in [1.807, 2.05) is 6.08 Å². The lowest BCUT2D eigenvalue weighted by molar-refractivity contribution is -0.177. The van der Waals surface area contributed by atoms with Gasteiger partial charge in [0.1, 0.15) is 6.10 Å². The van der Waals surface area contributed by atoms with Crippen molar-refractivity contribution in [3.05, 3.63) is 12.2 Å². The van der Waals surface area contributed by atoms with E-state index < -0.39 is 0 Å². The Kier molecular flexibility index (Phi) is 13.0. The van der Waals surface area contributed by atoms with Crippen molar-refractivity contribution in [1.82, 2.24) is 0 Å². The molecule has 3 nitrogen and oxygen atoms in total. The number of aliphatic hydroxyl groups excluding tert-OH is 1. The number of ether oxygens (including phenoxy) is 2. The molecule has 0 aromatic heterocycles. The molecule has 1 unspecified atom stereocenters. The quantitative estimate of drug-likeness (QED) is 0.446. The Labute approximate surface area is 142 Å². The molecule has 0 radical (unpaired) electrons. The molecule has 23 heavy (non-hydrogen) atoms. The van der Waals surface area contributed by atoms with E-state index in [-0.39, 0.29) is 12.4 Å². The number of hydrogen-bond acceptors (Lipinski definition) is 3. The molecule has 1 aliphatic heterocycles. The van der Waals surface area contributed by atoms with Crippen LogP contribution in [-0.2, 0) is 9.47 Å². The largest absolute Gasteiger partial charge is 0.396 e. The normalized spacial score (nSPS) is 19.5. The van der Waals surface area contributed by atoms with Crippen LogP contribution in [0.15, 0.2) is 12.2 Å². The summed E-state index contributed by atoms with van der Waals surface area (Å²) < 4.78 is 11.7. The number of unbranched alkanes of at least 4 members (excludes halogenated alkanes) is 5. The van der Waals surface area contributed by atoms with Gasteiger partial charge < -0.3 is 14.6 Å². The summed E-state index contributed by atoms with van der Waals surface area (Å²) in [6, 6.07) is 0. The average Bonchev–Trinajstić information content (AvgIpc) is 2.58. The molecule has 0 bridgehead atoms. The average molecular weight is 322 g/mol. The highest BCUT2D eigenvalue weighted by Crippen LogP contribution is 2.17. The van der Waals surface area contributed by atoms with Crippen LogP contribution in [0.4, 0.5) is 0 Å². The summed E-state index contributed by atoms with van der Waals surface area (Å²) in [7, 11) is 0. The molecule has 0 aromatic carbocycles. The summed E-state index contributed by atoms with van der Waals surface area (Å²) in [5.74, 6) is 6.38. The first kappa shape index (κ1) is 20.2. The summed E-state index contributed by atoms with van der Waals surface area (Å²) in [4.78, 5) is 0. The zero-order valence-corrected chi connectivity index (χ0v) is 14.8. The van der Waals surface area contributed by atoms with Crippen LogP contribution >= 0.6 is 0 Å². The van der Waals surface area contributed by atoms with Gasteiger partial charge in [0.2, 0.25) is 0 Å². The van der Waals surface area contributed by atoms with Crippen LogP contribution < -0.4 is 0 Å². The number of allylic oxidation sites excluding steroid dienone is 2. The molecular weight excluding hydrogens is 288 g/mol. The van der Waals surface area contributed by atoms with Gasteiger partial charge in [0.25, 0.3) is 0 Å². The Hall–Kier alpha value is -0.820. The molecule has 2 atom stereocenters. The predicted molar refractivity (Wildman–Crippen MR) is 95.1 cm³/mol. The highest BCUT2D eigenvalue weighted by atomic mass is 16.7. The van der Waals surface area contributed by atoms with Crippen molar-refractivity contribution in [2.45, 2.75) is 89.9 Å². The third-order valence-electron chi connectivity index (χ3n) is 4.00. The lowest BCUT2D eigenvalue weighted by atomic mass is 10.1. The molecular formula is C20H34O3. The van der Waals surface area contributed by atoms with Gasteiger partial charge in [-0.2, -0.15) is 0 Å². The lowest BCUT2D eigenvalue weighted by Crippen LogP contribution is -2.27. The zero-order chi connectivity index (χ0) is 16.6. The van der Waals surface area contributed by atoms with Crippen LogP contribution in [-0.4, -0.2) is 30.7 Å². The Morgan fingerprint density at radius 3 is 2.87 bits per heavy atom. The van der Waals surface area contributed by atoms with Crippen molar-refractivity contribution in [2.24, 2.45) is 0 Å². The van der Waals surface area contributed by atoms with Gasteiger partial charge in [0.15, 0.2) is 6.29 Å². The van der Waals surface area contributed by atoms with Gasteiger partial charge in [0, 0.05) is 13.2 Å². The van der Waals surface area contributed by atoms with Gasteiger partial charge in [-0.25, -0.2) is 0 Å². The molecule has 1 aliphatic rings. The maximum Gasteiger partial charge on any atom is 0.159 e. The number of aliphatic hydroxyl groups is 1. The Morgan fingerprint density at radius 1 is 1.22 bits per heavy atom. The van der Waals surface area contributed by atoms with Crippen molar-refractivity contribution < 1.29 is 14.6 Å². The molecule has 0 saturated carbocycles. The molecule has 0 spiro atoms. The van der Waals surface area contributed by atoms with Gasteiger partial charge >= 0.3 is 0 Å². The van der Waals surface area contributed by atoms with E-state index in [9.17, 15) is 0 Å². The monoisotopic (exact) mass is 322 g/mol. The minimum absolute atomic E-state index is 0.0105. The van der Waals surface area contributed by atoms with Crippen molar-refractivity contribution in [3.8, 4) is 11.8 Å². The van der Waals surface area contributed by atoms with Crippen molar-refractivity contribution >= 4 is 0 Å². The van der Waals surface area contributed by atoms with E-state index in [1.165, 1.54) is 19.3 Å². The first-order valence-electron chi connectivity index (χ1n) is 9.40. The SMILES string of the molecule is CCCCC[C@H](C#C/C=C\CCCCCO)OC1CCCCO1. The molecule has 1 heterocycles. The summed E-state index contributed by atoms with van der Waals surface area (Å²) in [5, 5.41) is 8.73. The molecule has 132 valence electrons. The third kappa shape index (κ3) is 11.4. The van der Waals surface area contributed by atoms with Gasteiger partial charge in [0.05, 0.1) is 0 Å². The first-order chi connectivity index (χ1) is 11.4. The molecule has 0 aliphatic carbocycles. The fourth-order valence-corrected chi connectivity index (χ4v) is 2.59. The number of hydrogen-bond donors (Lipinski definition) is 1. The summed E-state index contributed by atoms with van der Waals surface area (Å²) in [6.07, 6.45) is 16.0. The van der Waals surface area contributed by atoms with Gasteiger partial charge in [-0.3, -0.25) is 0 Å². The Morgan fingerprint density at radius 2 is 2.13 bits per heavy atom. The van der Waals surface area contributed by atoms with E-state index in [0.29, 0.717) is 6.61 Å². The standard InChI is InChI=1S/C20H34O3/c1-2-3-9-14-19(23-20-16-11-13-18-22-20)15-10-7-5-4-6-8-12-17-21/h5,7,19-21H,2-4,6,8-9,11-14,16-18H2,1H3/b7-5-/t19-,20?/m1/s1. The summed E-state index contributed by atoms with van der Waals surface area (Å²) >= 11 is 0. The van der Waals surface area contributed by atoms with E-state index in [2.05, 4.69) is 24.8 Å². The maximum atomic E-state index is 8.73. The molecule has 0 aromatic rings. The topological polar surface area (TPSA) is 38.7 Å². The van der Waals surface area contributed by atoms with Crippen molar-refractivity contribution in [1.29, 1.82) is 0 Å². The first-order valence-corrected chi connectivity index (χ1v) is 9.40. The maximum absolute atomic E-state index is 8.73. The van der Waals surface area contributed by atoms with Crippen molar-refractivity contribution in [3.63, 3.8) is 0 Å². The van der Waals surface area contributed by atoms with Crippen LogP contribution in [0.1, 0.15) is 77.6 Å². The molecule has 1 N–H and O–H groups in total. The van der Waals surface area contributed by atoms with Gasteiger partial charge in [-0.1, -0.05) is 44.1 Å². The highest BCUT2D eigenvalue weighted by Gasteiger charge is 2.18. The van der Waals surface area contributed by atoms with Gasteiger partial charge in [-0.05, 0) is 57.4 Å². The minimum atomic E-state index is -0.0628. The summed E-state index contributed by atoms with van der Waals surface area (Å²) in [6.45, 7) is 3.32. The number of rotatable bonds is 11. The molecule has 1 rings (SSSR count). The van der Waals surface area contributed by atoms with Crippen LogP contribution in [0.3, 0.4) is 0 Å². The van der Waals surface area contributed by atoms with Crippen LogP contribution in [0, 0.1) is 11.8 Å². The molecule has 1 saturated heterocycles. The second-order valence-electron chi connectivity index (χ2n) is 6.18. The predicted octanol–water partition coefficient (Wildman–Crippen LogP) is 4.59. The van der Waals surface area contributed by atoms with E-state index in [0.717, 1.165) is 58.0 Å². The van der Waals surface area contributed by atoms with E-state index >= 15 is 0 Å². The second kappa shape index (κ2) is 14.8. The van der Waals surface area contributed by atoms with E-state index in [1.54, 1.807) is 0 Å². The van der Waals surface area contributed by atoms with E-state index in [4.69, 9.17) is 14.6 Å². The molecule has 3 heteroatoms. The summed E-state index contributed by atoms with van der Waals surface area (Å²) in [5.41, 5.74) is 0. The van der Waals surface area contributed by atoms with Crippen molar-refractivity contribution in [2.75, 3.05) is 13.2 Å². The smallest absolute Gasteiger partial charge is 0.159 e. The Bertz CT molecular complexity index is 348. The molecule has 0 amide bonds. The fourth-order valence-electron chi connectivity index (χ4n) is 2.59. The minimum Gasteiger partial charge on any atom is -0.396 e. The highest BCUT2D eigenvalue weighted by molar-refractivity contribution is 5.18. The third-order valence-corrected chi connectivity index (χ3v) is 4.00. The van der Waals surface area contributed by atoms with Crippen LogP contribution in [0.2, 0.25) is 0 Å². The van der Waals surface area contributed by atoms with Crippen LogP contribution in [0.25, 0.3) is 0 Å². The van der Waals surface area contributed by atoms with Gasteiger partial charge in [-0.15, -0.1) is 0 Å². The zero-order valence-electron chi connectivity index (χ0n) is 14.8. The van der Waals surface area contributed by atoms with Crippen LogP contribution in [0.5, 0.6) is 0 Å². The molecule has 1 fully saturated rings. The second-order valence-corrected chi connectivity index (χ2v) is 6.18.